The van der Waals surface area contributed by atoms with E-state index in [1.165, 1.54) is 5.69 Å². The molecule has 0 saturated carbocycles. The first kappa shape index (κ1) is 14.6. The molecule has 3 rings (SSSR count). The molecule has 6 heteroatoms. The zero-order chi connectivity index (χ0) is 14.5. The number of ether oxygens (including phenoxy) is 1. The van der Waals surface area contributed by atoms with Gasteiger partial charge in [0, 0.05) is 36.9 Å². The van der Waals surface area contributed by atoms with Gasteiger partial charge in [-0.05, 0) is 25.8 Å². The summed E-state index contributed by atoms with van der Waals surface area (Å²) in [5.41, 5.74) is 2.26. The van der Waals surface area contributed by atoms with E-state index in [2.05, 4.69) is 32.2 Å². The Morgan fingerprint density at radius 1 is 1.43 bits per heavy atom. The number of morpholine rings is 1. The standard InChI is InChI=1S/C15H20N4OS/c1-12-18-14(10-21-12)8-19-6-7-20-15(9-19)3-2-13-4-5-16-11-17-13/h4-5,10-11,15H,2-3,6-9H2,1H3/t15-/m1/s1. The molecular formula is C15H20N4OS. The Morgan fingerprint density at radius 2 is 2.38 bits per heavy atom. The first-order chi connectivity index (χ1) is 10.3. The van der Waals surface area contributed by atoms with Crippen molar-refractivity contribution in [2.45, 2.75) is 32.4 Å². The minimum atomic E-state index is 0.286. The van der Waals surface area contributed by atoms with Gasteiger partial charge >= 0.3 is 0 Å². The van der Waals surface area contributed by atoms with Gasteiger partial charge in [0.05, 0.1) is 23.4 Å². The van der Waals surface area contributed by atoms with E-state index >= 15 is 0 Å². The maximum Gasteiger partial charge on any atom is 0.115 e. The molecule has 0 aromatic carbocycles. The molecule has 2 aromatic heterocycles. The lowest BCUT2D eigenvalue weighted by Crippen LogP contribution is -2.42. The maximum atomic E-state index is 5.87. The largest absolute Gasteiger partial charge is 0.376 e. The van der Waals surface area contributed by atoms with Crippen LogP contribution in [0.4, 0.5) is 0 Å². The molecule has 112 valence electrons. The van der Waals surface area contributed by atoms with Crippen LogP contribution in [0.5, 0.6) is 0 Å². The summed E-state index contributed by atoms with van der Waals surface area (Å²) in [4.78, 5) is 15.2. The highest BCUT2D eigenvalue weighted by Gasteiger charge is 2.21. The summed E-state index contributed by atoms with van der Waals surface area (Å²) in [6, 6.07) is 1.97. The van der Waals surface area contributed by atoms with Crippen LogP contribution in [0.25, 0.3) is 0 Å². The molecule has 2 aromatic rings. The van der Waals surface area contributed by atoms with Gasteiger partial charge in [0.25, 0.3) is 0 Å². The minimum absolute atomic E-state index is 0.286. The normalized spacial score (nSPS) is 19.8. The summed E-state index contributed by atoms with van der Waals surface area (Å²) in [7, 11) is 0. The lowest BCUT2D eigenvalue weighted by molar-refractivity contribution is -0.0349. The molecule has 1 atom stereocenters. The van der Waals surface area contributed by atoms with Gasteiger partial charge in [0.1, 0.15) is 6.33 Å². The fourth-order valence-electron chi connectivity index (χ4n) is 2.58. The molecular weight excluding hydrogens is 284 g/mol. The van der Waals surface area contributed by atoms with Gasteiger partial charge in [-0.25, -0.2) is 15.0 Å². The van der Waals surface area contributed by atoms with Crippen LogP contribution in [0, 0.1) is 6.92 Å². The molecule has 0 N–H and O–H groups in total. The first-order valence-corrected chi connectivity index (χ1v) is 8.17. The van der Waals surface area contributed by atoms with Crippen LogP contribution in [-0.4, -0.2) is 45.7 Å². The Kier molecular flexibility index (Phi) is 4.90. The summed E-state index contributed by atoms with van der Waals surface area (Å²) in [5, 5.41) is 3.29. The Hall–Kier alpha value is -1.37. The van der Waals surface area contributed by atoms with Crippen molar-refractivity contribution in [2.75, 3.05) is 19.7 Å². The highest BCUT2D eigenvalue weighted by molar-refractivity contribution is 7.09. The van der Waals surface area contributed by atoms with E-state index in [9.17, 15) is 0 Å². The molecule has 0 bridgehead atoms. The molecule has 0 aliphatic carbocycles. The van der Waals surface area contributed by atoms with E-state index in [1.807, 2.05) is 6.07 Å². The zero-order valence-corrected chi connectivity index (χ0v) is 13.1. The predicted molar refractivity (Wildman–Crippen MR) is 82.2 cm³/mol. The van der Waals surface area contributed by atoms with Crippen molar-refractivity contribution in [3.8, 4) is 0 Å². The van der Waals surface area contributed by atoms with Crippen LogP contribution in [-0.2, 0) is 17.7 Å². The molecule has 1 saturated heterocycles. The Bertz CT molecular complexity index is 560. The average molecular weight is 304 g/mol. The molecule has 3 heterocycles. The van der Waals surface area contributed by atoms with E-state index in [0.29, 0.717) is 0 Å². The Morgan fingerprint density at radius 3 is 3.14 bits per heavy atom. The molecule has 0 spiro atoms. The van der Waals surface area contributed by atoms with Crippen molar-refractivity contribution >= 4 is 11.3 Å². The van der Waals surface area contributed by atoms with Crippen LogP contribution in [0.2, 0.25) is 0 Å². The average Bonchev–Trinajstić information content (AvgIpc) is 2.92. The zero-order valence-electron chi connectivity index (χ0n) is 12.2. The van der Waals surface area contributed by atoms with Gasteiger partial charge in [-0.1, -0.05) is 0 Å². The summed E-state index contributed by atoms with van der Waals surface area (Å²) in [6.07, 6.45) is 5.63. The molecule has 5 nitrogen and oxygen atoms in total. The van der Waals surface area contributed by atoms with Gasteiger partial charge < -0.3 is 4.74 Å². The summed E-state index contributed by atoms with van der Waals surface area (Å²) >= 11 is 1.72. The fourth-order valence-corrected chi connectivity index (χ4v) is 3.19. The summed E-state index contributed by atoms with van der Waals surface area (Å²) < 4.78 is 5.87. The number of nitrogens with zero attached hydrogens (tertiary/aromatic N) is 4. The van der Waals surface area contributed by atoms with Crippen molar-refractivity contribution < 1.29 is 4.74 Å². The minimum Gasteiger partial charge on any atom is -0.376 e. The molecule has 1 aliphatic rings. The van der Waals surface area contributed by atoms with Gasteiger partial charge in [0.2, 0.25) is 0 Å². The van der Waals surface area contributed by atoms with E-state index < -0.39 is 0 Å². The number of hydrogen-bond acceptors (Lipinski definition) is 6. The maximum absolute atomic E-state index is 5.87. The fraction of sp³-hybridized carbons (Fsp3) is 0.533. The first-order valence-electron chi connectivity index (χ1n) is 7.29. The summed E-state index contributed by atoms with van der Waals surface area (Å²) in [6.45, 7) is 5.75. The molecule has 0 amide bonds. The van der Waals surface area contributed by atoms with Crippen LogP contribution in [0.3, 0.4) is 0 Å². The van der Waals surface area contributed by atoms with Crippen LogP contribution < -0.4 is 0 Å². The number of aryl methyl sites for hydroxylation is 2. The Labute approximate surface area is 129 Å². The van der Waals surface area contributed by atoms with Crippen molar-refractivity contribution in [1.82, 2.24) is 19.9 Å². The van der Waals surface area contributed by atoms with E-state index in [0.717, 1.165) is 49.8 Å². The number of aromatic nitrogens is 3. The second-order valence-electron chi connectivity index (χ2n) is 5.33. The number of rotatable bonds is 5. The quantitative estimate of drug-likeness (QED) is 0.846. The SMILES string of the molecule is Cc1nc(CN2CCO[C@H](CCc3ccncn3)C2)cs1. The van der Waals surface area contributed by atoms with Crippen LogP contribution in [0.1, 0.15) is 22.8 Å². The number of thiazole rings is 1. The highest BCUT2D eigenvalue weighted by Crippen LogP contribution is 2.15. The third-order valence-corrected chi connectivity index (χ3v) is 4.46. The second kappa shape index (κ2) is 7.06. The third-order valence-electron chi connectivity index (χ3n) is 3.64. The van der Waals surface area contributed by atoms with Crippen molar-refractivity contribution in [3.63, 3.8) is 0 Å². The second-order valence-corrected chi connectivity index (χ2v) is 6.39. The van der Waals surface area contributed by atoms with Gasteiger partial charge in [-0.2, -0.15) is 0 Å². The van der Waals surface area contributed by atoms with E-state index in [-0.39, 0.29) is 6.10 Å². The molecule has 0 radical (unpaired) electrons. The Balaban J connectivity index is 1.49. The van der Waals surface area contributed by atoms with Gasteiger partial charge in [0.15, 0.2) is 0 Å². The lowest BCUT2D eigenvalue weighted by Gasteiger charge is -2.32. The van der Waals surface area contributed by atoms with Crippen molar-refractivity contribution in [2.24, 2.45) is 0 Å². The number of hydrogen-bond donors (Lipinski definition) is 0. The van der Waals surface area contributed by atoms with E-state index in [1.54, 1.807) is 23.9 Å². The van der Waals surface area contributed by atoms with Gasteiger partial charge in [-0.3, -0.25) is 4.90 Å². The smallest absolute Gasteiger partial charge is 0.115 e. The lowest BCUT2D eigenvalue weighted by atomic mass is 10.1. The highest BCUT2D eigenvalue weighted by atomic mass is 32.1. The predicted octanol–water partition coefficient (Wildman–Crippen LogP) is 2.08. The monoisotopic (exact) mass is 304 g/mol. The summed E-state index contributed by atoms with van der Waals surface area (Å²) in [5.74, 6) is 0. The van der Waals surface area contributed by atoms with Crippen molar-refractivity contribution in [3.05, 3.63) is 40.4 Å². The van der Waals surface area contributed by atoms with E-state index in [4.69, 9.17) is 4.74 Å². The molecule has 1 aliphatic heterocycles. The molecule has 1 fully saturated rings. The topological polar surface area (TPSA) is 51.1 Å². The van der Waals surface area contributed by atoms with Crippen LogP contribution >= 0.6 is 11.3 Å². The van der Waals surface area contributed by atoms with Crippen molar-refractivity contribution in [1.29, 1.82) is 0 Å². The molecule has 21 heavy (non-hydrogen) atoms. The van der Waals surface area contributed by atoms with Crippen LogP contribution in [0.15, 0.2) is 24.0 Å². The molecule has 0 unspecified atom stereocenters. The van der Waals surface area contributed by atoms with Gasteiger partial charge in [-0.15, -0.1) is 11.3 Å². The third kappa shape index (κ3) is 4.30.